The molecule has 2 aliphatic rings. The summed E-state index contributed by atoms with van der Waals surface area (Å²) in [4.78, 5) is 15.3. The molecule has 0 bridgehead atoms. The second kappa shape index (κ2) is 3.34. The Kier molecular flexibility index (Phi) is 2.21. The zero-order valence-electron chi connectivity index (χ0n) is 10.3. The van der Waals surface area contributed by atoms with E-state index in [0.29, 0.717) is 0 Å². The van der Waals surface area contributed by atoms with Crippen LogP contribution in [0, 0.1) is 0 Å². The number of nitrogens with two attached hydrogens (primary N) is 1. The van der Waals surface area contributed by atoms with E-state index in [2.05, 4.69) is 4.98 Å². The van der Waals surface area contributed by atoms with Gasteiger partial charge in [-0.3, -0.25) is 4.57 Å². The van der Waals surface area contributed by atoms with Gasteiger partial charge in [0, 0.05) is 12.6 Å². The maximum absolute atomic E-state index is 11.8. The molecule has 1 aromatic heterocycles. The number of fused-ring (bicyclic) bond motifs is 1. The molecule has 1 saturated carbocycles. The van der Waals surface area contributed by atoms with Crippen molar-refractivity contribution in [3.8, 4) is 0 Å². The summed E-state index contributed by atoms with van der Waals surface area (Å²) in [5, 5.41) is 30.1. The van der Waals surface area contributed by atoms with Crippen LogP contribution < -0.4 is 11.4 Å². The normalized spacial score (nSPS) is 44.1. The zero-order valence-corrected chi connectivity index (χ0v) is 10.3. The molecule has 8 heteroatoms. The molecule has 8 nitrogen and oxygen atoms in total. The molecule has 0 radical (unpaired) electrons. The Morgan fingerprint density at radius 2 is 2.32 bits per heavy atom. The summed E-state index contributed by atoms with van der Waals surface area (Å²) < 4.78 is 6.58. The van der Waals surface area contributed by atoms with Crippen LogP contribution in [0.25, 0.3) is 0 Å². The summed E-state index contributed by atoms with van der Waals surface area (Å²) in [6.45, 7) is 0.929. The fourth-order valence-electron chi connectivity index (χ4n) is 2.84. The number of aliphatic hydroxyl groups is 3. The van der Waals surface area contributed by atoms with Gasteiger partial charge in [-0.25, -0.2) is 4.79 Å². The van der Waals surface area contributed by atoms with E-state index in [1.165, 1.54) is 19.2 Å². The summed E-state index contributed by atoms with van der Waals surface area (Å²) in [5.41, 5.74) is 0.199. The van der Waals surface area contributed by atoms with Crippen LogP contribution in [0.4, 0.5) is 5.82 Å². The van der Waals surface area contributed by atoms with Crippen molar-refractivity contribution in [3.05, 3.63) is 22.7 Å². The third-order valence-corrected chi connectivity index (χ3v) is 4.19. The van der Waals surface area contributed by atoms with E-state index in [9.17, 15) is 20.1 Å². The Morgan fingerprint density at radius 3 is 2.84 bits per heavy atom. The molecule has 19 heavy (non-hydrogen) atoms. The first-order valence-electron chi connectivity index (χ1n) is 5.85. The highest BCUT2D eigenvalue weighted by atomic mass is 16.6. The average molecular weight is 269 g/mol. The molecule has 2 fully saturated rings. The van der Waals surface area contributed by atoms with Crippen LogP contribution >= 0.6 is 0 Å². The van der Waals surface area contributed by atoms with Crippen LogP contribution in [0.15, 0.2) is 17.1 Å². The van der Waals surface area contributed by atoms with Crippen LogP contribution in [-0.2, 0) is 4.74 Å². The lowest BCUT2D eigenvalue weighted by Gasteiger charge is -2.31. The maximum atomic E-state index is 11.8. The number of hydrogen-bond acceptors (Lipinski definition) is 7. The van der Waals surface area contributed by atoms with Gasteiger partial charge in [0.2, 0.25) is 0 Å². The fraction of sp³-hybridized carbons (Fsp3) is 0.636. The summed E-state index contributed by atoms with van der Waals surface area (Å²) in [5.74, 6) is 0.0552. The minimum absolute atomic E-state index is 0.0552. The van der Waals surface area contributed by atoms with Crippen LogP contribution in [0.3, 0.4) is 0 Å². The Balaban J connectivity index is 2.06. The molecular formula is C11H15N3O5. The van der Waals surface area contributed by atoms with Gasteiger partial charge >= 0.3 is 5.69 Å². The van der Waals surface area contributed by atoms with Crippen LogP contribution in [0.2, 0.25) is 0 Å². The number of aromatic nitrogens is 2. The highest BCUT2D eigenvalue weighted by Gasteiger charge is 2.84. The Morgan fingerprint density at radius 1 is 1.63 bits per heavy atom. The topological polar surface area (TPSA) is 131 Å². The molecule has 2 heterocycles. The van der Waals surface area contributed by atoms with E-state index < -0.39 is 35.3 Å². The van der Waals surface area contributed by atoms with E-state index in [-0.39, 0.29) is 12.2 Å². The largest absolute Gasteiger partial charge is 0.393 e. The van der Waals surface area contributed by atoms with Gasteiger partial charge in [0.1, 0.15) is 22.6 Å². The number of nitrogen functional groups attached to an aromatic ring is 1. The highest BCUT2D eigenvalue weighted by Crippen LogP contribution is 2.66. The molecule has 1 aliphatic heterocycles. The zero-order chi connectivity index (χ0) is 14.1. The minimum atomic E-state index is -1.71. The van der Waals surface area contributed by atoms with Crippen molar-refractivity contribution in [2.45, 2.75) is 36.4 Å². The van der Waals surface area contributed by atoms with Gasteiger partial charge in [-0.2, -0.15) is 4.98 Å². The van der Waals surface area contributed by atoms with Gasteiger partial charge in [-0.05, 0) is 13.0 Å². The number of aliphatic hydroxyl groups excluding tert-OH is 1. The lowest BCUT2D eigenvalue weighted by molar-refractivity contribution is -0.144. The number of ether oxygens (including phenoxy) is 1. The lowest BCUT2D eigenvalue weighted by atomic mass is 9.94. The van der Waals surface area contributed by atoms with E-state index in [1.54, 1.807) is 0 Å². The molecule has 0 spiro atoms. The minimum Gasteiger partial charge on any atom is -0.393 e. The first-order valence-corrected chi connectivity index (χ1v) is 5.85. The van der Waals surface area contributed by atoms with E-state index in [4.69, 9.17) is 10.5 Å². The first-order chi connectivity index (χ1) is 8.77. The number of hydrogen-bond donors (Lipinski definition) is 4. The molecule has 4 atom stereocenters. The Bertz CT molecular complexity index is 600. The highest BCUT2D eigenvalue weighted by molar-refractivity contribution is 5.33. The molecule has 5 N–H and O–H groups in total. The van der Waals surface area contributed by atoms with E-state index in [1.807, 2.05) is 0 Å². The Hall–Kier alpha value is -1.48. The third-order valence-electron chi connectivity index (χ3n) is 4.19. The lowest BCUT2D eigenvalue weighted by Crippen LogP contribution is -2.48. The summed E-state index contributed by atoms with van der Waals surface area (Å²) in [7, 11) is 0. The predicted octanol–water partition coefficient (Wildman–Crippen LogP) is -2.03. The van der Waals surface area contributed by atoms with Gasteiger partial charge in [0.05, 0.1) is 6.61 Å². The van der Waals surface area contributed by atoms with E-state index in [0.717, 1.165) is 4.57 Å². The number of anilines is 1. The van der Waals surface area contributed by atoms with Gasteiger partial charge in [0.15, 0.2) is 6.23 Å². The van der Waals surface area contributed by atoms with Crippen molar-refractivity contribution in [1.82, 2.24) is 9.55 Å². The van der Waals surface area contributed by atoms with Crippen molar-refractivity contribution >= 4 is 5.82 Å². The van der Waals surface area contributed by atoms with Crippen molar-refractivity contribution < 1.29 is 20.1 Å². The van der Waals surface area contributed by atoms with E-state index >= 15 is 0 Å². The molecule has 0 aromatic carbocycles. The Labute approximate surface area is 108 Å². The number of nitrogens with zero attached hydrogens (tertiary/aromatic N) is 2. The second-order valence-electron chi connectivity index (χ2n) is 5.35. The summed E-state index contributed by atoms with van der Waals surface area (Å²) >= 11 is 0. The summed E-state index contributed by atoms with van der Waals surface area (Å²) in [6, 6.07) is 1.39. The maximum Gasteiger partial charge on any atom is 0.351 e. The van der Waals surface area contributed by atoms with Gasteiger partial charge in [-0.1, -0.05) is 0 Å². The molecule has 3 rings (SSSR count). The van der Waals surface area contributed by atoms with Crippen molar-refractivity contribution in [3.63, 3.8) is 0 Å². The van der Waals surface area contributed by atoms with Crippen LogP contribution in [0.1, 0.15) is 19.6 Å². The molecule has 1 aromatic rings. The average Bonchev–Trinajstić information content (AvgIpc) is 2.90. The first kappa shape index (κ1) is 12.5. The van der Waals surface area contributed by atoms with Crippen molar-refractivity contribution in [2.75, 3.05) is 12.3 Å². The summed E-state index contributed by atoms with van der Waals surface area (Å²) in [6.07, 6.45) is 0.333. The fourth-order valence-corrected chi connectivity index (χ4v) is 2.84. The smallest absolute Gasteiger partial charge is 0.351 e. The van der Waals surface area contributed by atoms with Gasteiger partial charge in [-0.15, -0.1) is 0 Å². The quantitative estimate of drug-likeness (QED) is 0.487. The standard InChI is InChI=1S/C11H15N3O5/c1-9(17)7(14-3-2-6(12)13-8(14)16)19-10(5-15)4-11(9,10)18/h2-3,7,15,17-18H,4-5H2,1H3,(H2,12,13,16). The molecule has 104 valence electrons. The SMILES string of the molecule is CC1(O)C(n2ccc(N)nc2=O)OC2(CO)CC21O. The molecule has 4 unspecified atom stereocenters. The third kappa shape index (κ3) is 1.31. The molecule has 0 amide bonds. The molecular weight excluding hydrogens is 254 g/mol. The van der Waals surface area contributed by atoms with Crippen LogP contribution in [-0.4, -0.2) is 48.3 Å². The monoisotopic (exact) mass is 269 g/mol. The molecule has 1 aliphatic carbocycles. The van der Waals surface area contributed by atoms with Crippen LogP contribution in [0.5, 0.6) is 0 Å². The van der Waals surface area contributed by atoms with Crippen molar-refractivity contribution in [2.24, 2.45) is 0 Å². The van der Waals surface area contributed by atoms with Crippen molar-refractivity contribution in [1.29, 1.82) is 0 Å². The van der Waals surface area contributed by atoms with Gasteiger partial charge < -0.3 is 25.8 Å². The second-order valence-corrected chi connectivity index (χ2v) is 5.35. The van der Waals surface area contributed by atoms with Gasteiger partial charge in [0.25, 0.3) is 0 Å². The molecule has 1 saturated heterocycles. The predicted molar refractivity (Wildman–Crippen MR) is 63.0 cm³/mol. The number of rotatable bonds is 2.